The van der Waals surface area contributed by atoms with Crippen molar-refractivity contribution in [2.45, 2.75) is 59.4 Å². The smallest absolute Gasteiger partial charge is 0.236 e. The van der Waals surface area contributed by atoms with Gasteiger partial charge in [0.25, 0.3) is 0 Å². The second-order valence-electron chi connectivity index (χ2n) is 6.60. The summed E-state index contributed by atoms with van der Waals surface area (Å²) < 4.78 is 0. The lowest BCUT2D eigenvalue weighted by atomic mass is 9.97. The molecule has 1 saturated heterocycles. The van der Waals surface area contributed by atoms with Crippen LogP contribution >= 0.6 is 0 Å². The summed E-state index contributed by atoms with van der Waals surface area (Å²) in [4.78, 5) is 17.0. The third kappa shape index (κ3) is 6.79. The molecule has 1 aliphatic rings. The van der Waals surface area contributed by atoms with Gasteiger partial charge < -0.3 is 10.2 Å². The summed E-state index contributed by atoms with van der Waals surface area (Å²) >= 11 is 0. The fourth-order valence-electron chi connectivity index (χ4n) is 3.03. The topological polar surface area (TPSA) is 35.6 Å². The molecule has 0 aliphatic carbocycles. The molecule has 1 N–H and O–H groups in total. The van der Waals surface area contributed by atoms with Gasteiger partial charge in [0, 0.05) is 25.7 Å². The van der Waals surface area contributed by atoms with Crippen LogP contribution in [0.15, 0.2) is 0 Å². The van der Waals surface area contributed by atoms with Gasteiger partial charge in [-0.3, -0.25) is 9.69 Å². The molecule has 21 heavy (non-hydrogen) atoms. The van der Waals surface area contributed by atoms with Crippen molar-refractivity contribution < 1.29 is 4.79 Å². The van der Waals surface area contributed by atoms with Gasteiger partial charge in [-0.2, -0.15) is 0 Å². The highest BCUT2D eigenvalue weighted by Crippen LogP contribution is 2.15. The first-order valence-corrected chi connectivity index (χ1v) is 8.81. The molecule has 4 nitrogen and oxygen atoms in total. The highest BCUT2D eigenvalue weighted by atomic mass is 16.2. The summed E-state index contributed by atoms with van der Waals surface area (Å²) in [5.41, 5.74) is 0. The molecule has 0 saturated carbocycles. The number of rotatable bonds is 9. The van der Waals surface area contributed by atoms with E-state index in [0.717, 1.165) is 51.5 Å². The van der Waals surface area contributed by atoms with Gasteiger partial charge >= 0.3 is 0 Å². The van der Waals surface area contributed by atoms with E-state index >= 15 is 0 Å². The maximum atomic E-state index is 12.6. The Morgan fingerprint density at radius 3 is 2.19 bits per heavy atom. The predicted molar refractivity (Wildman–Crippen MR) is 89.5 cm³/mol. The summed E-state index contributed by atoms with van der Waals surface area (Å²) in [5, 5.41) is 3.42. The Morgan fingerprint density at radius 1 is 1.14 bits per heavy atom. The largest absolute Gasteiger partial charge is 0.342 e. The van der Waals surface area contributed by atoms with Gasteiger partial charge in [-0.25, -0.2) is 0 Å². The molecule has 1 heterocycles. The van der Waals surface area contributed by atoms with Crippen LogP contribution in [0.1, 0.15) is 53.4 Å². The molecule has 0 unspecified atom stereocenters. The molecule has 1 aliphatic heterocycles. The number of amides is 1. The Labute approximate surface area is 131 Å². The first kappa shape index (κ1) is 18.4. The average molecular weight is 297 g/mol. The summed E-state index contributed by atoms with van der Waals surface area (Å²) in [6.45, 7) is 14.4. The predicted octanol–water partition coefficient (Wildman–Crippen LogP) is 2.34. The van der Waals surface area contributed by atoms with E-state index in [2.05, 4.69) is 37.9 Å². The van der Waals surface area contributed by atoms with Gasteiger partial charge in [0.2, 0.25) is 5.91 Å². The van der Waals surface area contributed by atoms with Crippen LogP contribution in [0, 0.1) is 5.92 Å². The van der Waals surface area contributed by atoms with E-state index in [0.29, 0.717) is 18.5 Å². The van der Waals surface area contributed by atoms with Crippen molar-refractivity contribution in [1.29, 1.82) is 0 Å². The van der Waals surface area contributed by atoms with Gasteiger partial charge in [0.15, 0.2) is 0 Å². The van der Waals surface area contributed by atoms with Crippen LogP contribution in [-0.4, -0.2) is 61.0 Å². The number of hydrogen-bond donors (Lipinski definition) is 1. The molecule has 4 heteroatoms. The second kappa shape index (κ2) is 10.2. The molecule has 0 atom stereocenters. The Balaban J connectivity index is 2.52. The fourth-order valence-corrected chi connectivity index (χ4v) is 3.03. The number of carbonyl (C=O) groups is 1. The third-order valence-corrected chi connectivity index (χ3v) is 4.36. The molecule has 0 spiro atoms. The van der Waals surface area contributed by atoms with Crippen molar-refractivity contribution in [2.24, 2.45) is 5.92 Å². The Bertz CT molecular complexity index is 282. The molecule has 0 radical (unpaired) electrons. The molecule has 0 aromatic rings. The normalized spacial score (nSPS) is 16.7. The first-order valence-electron chi connectivity index (χ1n) is 8.81. The van der Waals surface area contributed by atoms with Crippen LogP contribution < -0.4 is 5.32 Å². The Morgan fingerprint density at radius 2 is 1.71 bits per heavy atom. The molecule has 0 aromatic heterocycles. The highest BCUT2D eigenvalue weighted by molar-refractivity contribution is 5.78. The minimum Gasteiger partial charge on any atom is -0.342 e. The van der Waals surface area contributed by atoms with E-state index in [4.69, 9.17) is 0 Å². The fraction of sp³-hybridized carbons (Fsp3) is 0.941. The van der Waals surface area contributed by atoms with Crippen LogP contribution in [0.5, 0.6) is 0 Å². The van der Waals surface area contributed by atoms with Crippen molar-refractivity contribution in [3.63, 3.8) is 0 Å². The third-order valence-electron chi connectivity index (χ3n) is 4.36. The van der Waals surface area contributed by atoms with Crippen molar-refractivity contribution in [2.75, 3.05) is 39.3 Å². The zero-order valence-electron chi connectivity index (χ0n) is 14.5. The monoisotopic (exact) mass is 297 g/mol. The van der Waals surface area contributed by atoms with E-state index in [9.17, 15) is 4.79 Å². The minimum absolute atomic E-state index is 0.307. The summed E-state index contributed by atoms with van der Waals surface area (Å²) in [6.07, 6.45) is 4.57. The molecule has 1 rings (SSSR count). The van der Waals surface area contributed by atoms with Crippen LogP contribution in [0.25, 0.3) is 0 Å². The van der Waals surface area contributed by atoms with Crippen LogP contribution in [0.3, 0.4) is 0 Å². The average Bonchev–Trinajstić information content (AvgIpc) is 2.47. The van der Waals surface area contributed by atoms with E-state index in [1.54, 1.807) is 0 Å². The van der Waals surface area contributed by atoms with E-state index < -0.39 is 0 Å². The van der Waals surface area contributed by atoms with E-state index in [-0.39, 0.29) is 0 Å². The number of piperidine rings is 1. The summed E-state index contributed by atoms with van der Waals surface area (Å²) in [5.74, 6) is 1.05. The van der Waals surface area contributed by atoms with Crippen molar-refractivity contribution in [3.05, 3.63) is 0 Å². The van der Waals surface area contributed by atoms with E-state index in [1.165, 1.54) is 12.8 Å². The molecular weight excluding hydrogens is 262 g/mol. The number of carbonyl (C=O) groups excluding carboxylic acids is 1. The van der Waals surface area contributed by atoms with Crippen molar-refractivity contribution >= 4 is 5.91 Å². The second-order valence-corrected chi connectivity index (χ2v) is 6.60. The minimum atomic E-state index is 0.307. The lowest BCUT2D eigenvalue weighted by Crippen LogP contribution is -2.46. The molecule has 1 fully saturated rings. The molecule has 0 bridgehead atoms. The van der Waals surface area contributed by atoms with Crippen molar-refractivity contribution in [3.8, 4) is 0 Å². The van der Waals surface area contributed by atoms with Gasteiger partial charge in [-0.05, 0) is 58.5 Å². The maximum absolute atomic E-state index is 12.6. The van der Waals surface area contributed by atoms with E-state index in [1.807, 2.05) is 4.90 Å². The molecule has 1 amide bonds. The number of nitrogens with zero attached hydrogens (tertiary/aromatic N) is 2. The molecular formula is C17H35N3O. The lowest BCUT2D eigenvalue weighted by molar-refractivity contribution is -0.133. The summed E-state index contributed by atoms with van der Waals surface area (Å²) in [7, 11) is 0. The zero-order chi connectivity index (χ0) is 15.7. The van der Waals surface area contributed by atoms with Gasteiger partial charge in [-0.1, -0.05) is 13.8 Å². The van der Waals surface area contributed by atoms with Crippen LogP contribution in [0.2, 0.25) is 0 Å². The first-order chi connectivity index (χ1) is 10.1. The van der Waals surface area contributed by atoms with Gasteiger partial charge in [-0.15, -0.1) is 0 Å². The Kier molecular flexibility index (Phi) is 8.93. The zero-order valence-corrected chi connectivity index (χ0v) is 14.5. The van der Waals surface area contributed by atoms with Gasteiger partial charge in [0.1, 0.15) is 0 Å². The van der Waals surface area contributed by atoms with Crippen LogP contribution in [-0.2, 0) is 4.79 Å². The highest BCUT2D eigenvalue weighted by Gasteiger charge is 2.22. The molecule has 0 aromatic carbocycles. The maximum Gasteiger partial charge on any atom is 0.236 e. The lowest BCUT2D eigenvalue weighted by Gasteiger charge is -2.34. The summed E-state index contributed by atoms with van der Waals surface area (Å²) in [6, 6.07) is 0.439. The molecule has 124 valence electrons. The van der Waals surface area contributed by atoms with Gasteiger partial charge in [0.05, 0.1) is 6.54 Å². The van der Waals surface area contributed by atoms with Crippen molar-refractivity contribution in [1.82, 2.24) is 15.1 Å². The standard InChI is InChI=1S/C17H35N3O/c1-5-11-19(12-6-2)17(21)14-20(15(3)4)13-16-7-9-18-10-8-16/h15-16,18H,5-14H2,1-4H3. The quantitative estimate of drug-likeness (QED) is 0.709. The SMILES string of the molecule is CCCN(CCC)C(=O)CN(CC1CCNCC1)C(C)C. The number of nitrogens with one attached hydrogen (secondary N) is 1. The Hall–Kier alpha value is -0.610. The number of hydrogen-bond acceptors (Lipinski definition) is 3. The van der Waals surface area contributed by atoms with Crippen LogP contribution in [0.4, 0.5) is 0 Å².